The molecule has 0 bridgehead atoms. The third-order valence-corrected chi connectivity index (χ3v) is 4.26. The van der Waals surface area contributed by atoms with Crippen molar-refractivity contribution in [2.24, 2.45) is 11.8 Å². The summed E-state index contributed by atoms with van der Waals surface area (Å²) in [5.41, 5.74) is 1.10. The molecule has 1 saturated carbocycles. The number of halogens is 1. The first-order chi connectivity index (χ1) is 8.69. The Bertz CT molecular complexity index is 377. The molecule has 0 spiro atoms. The van der Waals surface area contributed by atoms with Crippen LogP contribution in [0.1, 0.15) is 38.2 Å². The Hall–Kier alpha value is -0.890. The van der Waals surface area contributed by atoms with E-state index in [-0.39, 0.29) is 5.82 Å². The lowest BCUT2D eigenvalue weighted by molar-refractivity contribution is 0.227. The summed E-state index contributed by atoms with van der Waals surface area (Å²) in [7, 11) is 2.03. The van der Waals surface area contributed by atoms with E-state index < -0.39 is 0 Å². The first-order valence-corrected chi connectivity index (χ1v) is 7.10. The Balaban J connectivity index is 2.00. The third-order valence-electron chi connectivity index (χ3n) is 4.26. The van der Waals surface area contributed by atoms with E-state index in [4.69, 9.17) is 0 Å². The van der Waals surface area contributed by atoms with Crippen molar-refractivity contribution in [2.45, 2.75) is 45.1 Å². The highest BCUT2D eigenvalue weighted by atomic mass is 19.1. The fourth-order valence-electron chi connectivity index (χ4n) is 3.27. The molecule has 100 valence electrons. The molecule has 18 heavy (non-hydrogen) atoms. The summed E-state index contributed by atoms with van der Waals surface area (Å²) >= 11 is 0. The Kier molecular flexibility index (Phi) is 4.76. The van der Waals surface area contributed by atoms with Gasteiger partial charge in [-0.15, -0.1) is 0 Å². The van der Waals surface area contributed by atoms with Crippen molar-refractivity contribution in [3.05, 3.63) is 35.6 Å². The van der Waals surface area contributed by atoms with E-state index in [2.05, 4.69) is 12.2 Å². The molecule has 1 aromatic rings. The number of benzene rings is 1. The second-order valence-corrected chi connectivity index (χ2v) is 5.76. The van der Waals surface area contributed by atoms with E-state index in [1.54, 1.807) is 12.1 Å². The molecular weight excluding hydrogens is 225 g/mol. The van der Waals surface area contributed by atoms with E-state index in [1.807, 2.05) is 13.1 Å². The number of rotatable bonds is 4. The van der Waals surface area contributed by atoms with Gasteiger partial charge in [-0.3, -0.25) is 0 Å². The van der Waals surface area contributed by atoms with Gasteiger partial charge in [-0.1, -0.05) is 31.9 Å². The molecular formula is C16H24FN. The van der Waals surface area contributed by atoms with Crippen LogP contribution in [0.25, 0.3) is 0 Å². The Morgan fingerprint density at radius 3 is 2.89 bits per heavy atom. The van der Waals surface area contributed by atoms with Crippen molar-refractivity contribution in [3.8, 4) is 0 Å². The molecule has 0 aromatic heterocycles. The zero-order chi connectivity index (χ0) is 13.0. The highest BCUT2D eigenvalue weighted by molar-refractivity contribution is 5.17. The molecule has 3 atom stereocenters. The minimum atomic E-state index is -0.126. The van der Waals surface area contributed by atoms with E-state index in [1.165, 1.54) is 31.7 Å². The molecule has 0 heterocycles. The Labute approximate surface area is 110 Å². The molecule has 1 fully saturated rings. The van der Waals surface area contributed by atoms with Crippen LogP contribution in [0.4, 0.5) is 4.39 Å². The van der Waals surface area contributed by atoms with Crippen molar-refractivity contribution in [1.82, 2.24) is 5.32 Å². The van der Waals surface area contributed by atoms with Crippen LogP contribution in [0.2, 0.25) is 0 Å². The van der Waals surface area contributed by atoms with Crippen molar-refractivity contribution in [2.75, 3.05) is 7.05 Å². The van der Waals surface area contributed by atoms with E-state index in [9.17, 15) is 4.39 Å². The molecule has 1 aliphatic rings. The van der Waals surface area contributed by atoms with Crippen LogP contribution in [0.3, 0.4) is 0 Å². The number of nitrogens with one attached hydrogen (secondary N) is 1. The zero-order valence-corrected chi connectivity index (χ0v) is 11.5. The summed E-state index contributed by atoms with van der Waals surface area (Å²) in [6, 6.07) is 7.49. The standard InChI is InChI=1S/C16H24FN/c1-12-5-3-7-14(9-12)16(18-2)11-13-6-4-8-15(17)10-13/h4,6,8,10,12,14,16,18H,3,5,7,9,11H2,1-2H3. The fraction of sp³-hybridized carbons (Fsp3) is 0.625. The predicted octanol–water partition coefficient (Wildman–Crippen LogP) is 3.78. The quantitative estimate of drug-likeness (QED) is 0.856. The van der Waals surface area contributed by atoms with Crippen LogP contribution in [0.5, 0.6) is 0 Å². The van der Waals surface area contributed by atoms with Crippen LogP contribution in [-0.2, 0) is 6.42 Å². The SMILES string of the molecule is CNC(Cc1cccc(F)c1)C1CCCC(C)C1. The van der Waals surface area contributed by atoms with Gasteiger partial charge in [0, 0.05) is 6.04 Å². The lowest BCUT2D eigenvalue weighted by Gasteiger charge is -2.33. The maximum Gasteiger partial charge on any atom is 0.123 e. The second kappa shape index (κ2) is 6.33. The van der Waals surface area contributed by atoms with E-state index >= 15 is 0 Å². The van der Waals surface area contributed by atoms with Gasteiger partial charge in [-0.25, -0.2) is 4.39 Å². The van der Waals surface area contributed by atoms with Crippen LogP contribution in [-0.4, -0.2) is 13.1 Å². The maximum absolute atomic E-state index is 13.2. The molecule has 0 aliphatic heterocycles. The number of likely N-dealkylation sites (N-methyl/N-ethyl adjacent to an activating group) is 1. The van der Waals surface area contributed by atoms with Crippen LogP contribution >= 0.6 is 0 Å². The van der Waals surface area contributed by atoms with Crippen LogP contribution in [0, 0.1) is 17.7 Å². The molecule has 0 radical (unpaired) electrons. The van der Waals surface area contributed by atoms with Crippen LogP contribution < -0.4 is 5.32 Å². The predicted molar refractivity (Wildman–Crippen MR) is 74.1 cm³/mol. The normalized spacial score (nSPS) is 25.9. The second-order valence-electron chi connectivity index (χ2n) is 5.76. The van der Waals surface area contributed by atoms with Gasteiger partial charge in [-0.05, 0) is 55.8 Å². The first kappa shape index (κ1) is 13.5. The van der Waals surface area contributed by atoms with Gasteiger partial charge >= 0.3 is 0 Å². The summed E-state index contributed by atoms with van der Waals surface area (Å²) in [4.78, 5) is 0. The Morgan fingerprint density at radius 2 is 2.22 bits per heavy atom. The van der Waals surface area contributed by atoms with E-state index in [0.29, 0.717) is 6.04 Å². The highest BCUT2D eigenvalue weighted by Crippen LogP contribution is 2.31. The van der Waals surface area contributed by atoms with Gasteiger partial charge in [0.15, 0.2) is 0 Å². The molecule has 1 nitrogen and oxygen atoms in total. The molecule has 2 rings (SSSR count). The molecule has 0 saturated heterocycles. The van der Waals surface area contributed by atoms with Gasteiger partial charge in [0.25, 0.3) is 0 Å². The van der Waals surface area contributed by atoms with Gasteiger partial charge in [0.1, 0.15) is 5.82 Å². The van der Waals surface area contributed by atoms with Crippen molar-refractivity contribution >= 4 is 0 Å². The lowest BCUT2D eigenvalue weighted by atomic mass is 9.77. The van der Waals surface area contributed by atoms with Gasteiger partial charge in [0.05, 0.1) is 0 Å². The monoisotopic (exact) mass is 249 g/mol. The fourth-order valence-corrected chi connectivity index (χ4v) is 3.27. The molecule has 2 heteroatoms. The highest BCUT2D eigenvalue weighted by Gasteiger charge is 2.25. The lowest BCUT2D eigenvalue weighted by Crippen LogP contribution is -2.37. The van der Waals surface area contributed by atoms with Crippen molar-refractivity contribution in [3.63, 3.8) is 0 Å². The maximum atomic E-state index is 13.2. The number of hydrogen-bond acceptors (Lipinski definition) is 1. The first-order valence-electron chi connectivity index (χ1n) is 7.10. The Morgan fingerprint density at radius 1 is 1.39 bits per heavy atom. The summed E-state index contributed by atoms with van der Waals surface area (Å²) in [5.74, 6) is 1.45. The van der Waals surface area contributed by atoms with Gasteiger partial charge < -0.3 is 5.32 Å². The summed E-state index contributed by atoms with van der Waals surface area (Å²) in [6.07, 6.45) is 6.26. The number of hydrogen-bond donors (Lipinski definition) is 1. The minimum absolute atomic E-state index is 0.126. The van der Waals surface area contributed by atoms with Gasteiger partial charge in [0.2, 0.25) is 0 Å². The van der Waals surface area contributed by atoms with E-state index in [0.717, 1.165) is 23.8 Å². The minimum Gasteiger partial charge on any atom is -0.316 e. The summed E-state index contributed by atoms with van der Waals surface area (Å²) in [6.45, 7) is 2.35. The smallest absolute Gasteiger partial charge is 0.123 e. The average Bonchev–Trinajstić information content (AvgIpc) is 2.36. The topological polar surface area (TPSA) is 12.0 Å². The third kappa shape index (κ3) is 3.55. The van der Waals surface area contributed by atoms with Crippen molar-refractivity contribution < 1.29 is 4.39 Å². The molecule has 1 aliphatic carbocycles. The largest absolute Gasteiger partial charge is 0.316 e. The van der Waals surface area contributed by atoms with Crippen LogP contribution in [0.15, 0.2) is 24.3 Å². The summed E-state index contributed by atoms with van der Waals surface area (Å²) in [5, 5.41) is 3.44. The molecule has 1 N–H and O–H groups in total. The average molecular weight is 249 g/mol. The van der Waals surface area contributed by atoms with Gasteiger partial charge in [-0.2, -0.15) is 0 Å². The van der Waals surface area contributed by atoms with Crippen molar-refractivity contribution in [1.29, 1.82) is 0 Å². The zero-order valence-electron chi connectivity index (χ0n) is 11.5. The molecule has 3 unspecified atom stereocenters. The summed E-state index contributed by atoms with van der Waals surface area (Å²) < 4.78 is 13.2. The molecule has 0 amide bonds. The molecule has 1 aromatic carbocycles.